The molecule has 6 heteroatoms. The van der Waals surface area contributed by atoms with Crippen LogP contribution in [-0.2, 0) is 7.05 Å². The van der Waals surface area contributed by atoms with Gasteiger partial charge in [-0.25, -0.2) is 9.36 Å². The van der Waals surface area contributed by atoms with Gasteiger partial charge in [0.15, 0.2) is 0 Å². The van der Waals surface area contributed by atoms with Crippen molar-refractivity contribution in [1.29, 1.82) is 0 Å². The summed E-state index contributed by atoms with van der Waals surface area (Å²) >= 11 is 0. The van der Waals surface area contributed by atoms with E-state index in [1.807, 2.05) is 30.3 Å². The van der Waals surface area contributed by atoms with Crippen molar-refractivity contribution in [3.63, 3.8) is 0 Å². The van der Waals surface area contributed by atoms with Gasteiger partial charge in [0.25, 0.3) is 0 Å². The maximum absolute atomic E-state index is 10.3. The van der Waals surface area contributed by atoms with E-state index in [2.05, 4.69) is 15.4 Å². The Morgan fingerprint density at radius 1 is 1.16 bits per heavy atom. The lowest BCUT2D eigenvalue weighted by molar-refractivity contribution is 0.209. The molecule has 96 valence electrons. The zero-order valence-corrected chi connectivity index (χ0v) is 10.4. The van der Waals surface area contributed by atoms with Crippen LogP contribution in [0.3, 0.4) is 0 Å². The number of aromatic nitrogens is 5. The van der Waals surface area contributed by atoms with Crippen LogP contribution in [0.4, 0.5) is 0 Å². The Kier molecular flexibility index (Phi) is 2.85. The second kappa shape index (κ2) is 4.66. The van der Waals surface area contributed by atoms with Gasteiger partial charge in [0.1, 0.15) is 6.10 Å². The van der Waals surface area contributed by atoms with Crippen molar-refractivity contribution in [3.8, 4) is 5.69 Å². The Hall–Kier alpha value is -2.47. The standard InChI is InChI=1S/C13H13N5O/c1-17-12(8-14-16-17)13(19)10-7-15-18(9-10)11-5-3-2-4-6-11/h2-9,13,19H,1H3. The molecule has 0 aliphatic rings. The first-order valence-corrected chi connectivity index (χ1v) is 5.88. The van der Waals surface area contributed by atoms with Gasteiger partial charge in [-0.05, 0) is 12.1 Å². The van der Waals surface area contributed by atoms with Crippen LogP contribution in [0.15, 0.2) is 48.9 Å². The van der Waals surface area contributed by atoms with Gasteiger partial charge in [0.2, 0.25) is 0 Å². The molecule has 2 aromatic heterocycles. The fraction of sp³-hybridized carbons (Fsp3) is 0.154. The van der Waals surface area contributed by atoms with Crippen LogP contribution in [0.2, 0.25) is 0 Å². The lowest BCUT2D eigenvalue weighted by Crippen LogP contribution is -2.05. The Balaban J connectivity index is 1.92. The van der Waals surface area contributed by atoms with Crippen LogP contribution >= 0.6 is 0 Å². The molecule has 19 heavy (non-hydrogen) atoms. The lowest BCUT2D eigenvalue weighted by Gasteiger charge is -2.07. The normalized spacial score (nSPS) is 12.5. The summed E-state index contributed by atoms with van der Waals surface area (Å²) in [7, 11) is 1.74. The van der Waals surface area contributed by atoms with Crippen LogP contribution in [0.1, 0.15) is 17.4 Å². The fourth-order valence-electron chi connectivity index (χ4n) is 1.92. The first kappa shape index (κ1) is 11.6. The van der Waals surface area contributed by atoms with Gasteiger partial charge < -0.3 is 5.11 Å². The van der Waals surface area contributed by atoms with Gasteiger partial charge in [-0.15, -0.1) is 5.10 Å². The van der Waals surface area contributed by atoms with E-state index in [4.69, 9.17) is 0 Å². The number of hydrogen-bond donors (Lipinski definition) is 1. The van der Waals surface area contributed by atoms with E-state index in [1.165, 1.54) is 0 Å². The lowest BCUT2D eigenvalue weighted by atomic mass is 10.1. The zero-order chi connectivity index (χ0) is 13.2. The molecular weight excluding hydrogens is 242 g/mol. The molecule has 3 rings (SSSR count). The fourth-order valence-corrected chi connectivity index (χ4v) is 1.92. The van der Waals surface area contributed by atoms with E-state index in [9.17, 15) is 5.11 Å². The van der Waals surface area contributed by atoms with E-state index in [0.29, 0.717) is 11.3 Å². The van der Waals surface area contributed by atoms with Crippen molar-refractivity contribution in [2.45, 2.75) is 6.10 Å². The molecular formula is C13H13N5O. The molecule has 0 aliphatic heterocycles. The SMILES string of the molecule is Cn1nncc1C(O)c1cnn(-c2ccccc2)c1. The number of aliphatic hydroxyl groups excluding tert-OH is 1. The quantitative estimate of drug-likeness (QED) is 0.760. The maximum atomic E-state index is 10.3. The van der Waals surface area contributed by atoms with E-state index in [0.717, 1.165) is 5.69 Å². The third-order valence-corrected chi connectivity index (χ3v) is 2.97. The highest BCUT2D eigenvalue weighted by atomic mass is 16.3. The molecule has 0 saturated heterocycles. The number of aliphatic hydroxyl groups is 1. The van der Waals surface area contributed by atoms with Crippen LogP contribution in [-0.4, -0.2) is 29.9 Å². The average Bonchev–Trinajstić information content (AvgIpc) is 3.08. The Labute approximate surface area is 109 Å². The molecule has 1 aromatic carbocycles. The molecule has 1 atom stereocenters. The van der Waals surface area contributed by atoms with Gasteiger partial charge in [-0.3, -0.25) is 0 Å². The van der Waals surface area contributed by atoms with Crippen LogP contribution in [0.25, 0.3) is 5.69 Å². The van der Waals surface area contributed by atoms with Crippen molar-refractivity contribution < 1.29 is 5.11 Å². The van der Waals surface area contributed by atoms with Crippen molar-refractivity contribution >= 4 is 0 Å². The first-order chi connectivity index (χ1) is 9.25. The minimum absolute atomic E-state index is 0.632. The zero-order valence-electron chi connectivity index (χ0n) is 10.4. The van der Waals surface area contributed by atoms with E-state index >= 15 is 0 Å². The van der Waals surface area contributed by atoms with Crippen LogP contribution in [0, 0.1) is 0 Å². The summed E-state index contributed by atoms with van der Waals surface area (Å²) in [5.74, 6) is 0. The highest BCUT2D eigenvalue weighted by molar-refractivity contribution is 5.32. The van der Waals surface area contributed by atoms with E-state index in [1.54, 1.807) is 35.0 Å². The van der Waals surface area contributed by atoms with E-state index in [-0.39, 0.29) is 0 Å². The smallest absolute Gasteiger partial charge is 0.125 e. The van der Waals surface area contributed by atoms with Gasteiger partial charge in [0.05, 0.1) is 23.8 Å². The first-order valence-electron chi connectivity index (χ1n) is 5.88. The summed E-state index contributed by atoms with van der Waals surface area (Å²) in [6.45, 7) is 0. The predicted octanol–water partition coefficient (Wildman–Crippen LogP) is 1.08. The molecule has 0 aliphatic carbocycles. The van der Waals surface area contributed by atoms with Gasteiger partial charge in [-0.1, -0.05) is 23.4 Å². The monoisotopic (exact) mass is 255 g/mol. The molecule has 1 N–H and O–H groups in total. The molecule has 3 aromatic rings. The summed E-state index contributed by atoms with van der Waals surface area (Å²) in [4.78, 5) is 0. The number of rotatable bonds is 3. The van der Waals surface area contributed by atoms with Crippen molar-refractivity contribution in [2.24, 2.45) is 7.05 Å². The van der Waals surface area contributed by atoms with Gasteiger partial charge in [0, 0.05) is 18.8 Å². The third-order valence-electron chi connectivity index (χ3n) is 2.97. The molecule has 2 heterocycles. The minimum atomic E-state index is -0.780. The summed E-state index contributed by atoms with van der Waals surface area (Å²) in [6.07, 6.45) is 4.21. The molecule has 0 fully saturated rings. The topological polar surface area (TPSA) is 68.8 Å². The van der Waals surface area contributed by atoms with Crippen molar-refractivity contribution in [3.05, 3.63) is 60.2 Å². The molecule has 0 bridgehead atoms. The number of benzene rings is 1. The third kappa shape index (κ3) is 2.13. The summed E-state index contributed by atoms with van der Waals surface area (Å²) in [5.41, 5.74) is 2.28. The van der Waals surface area contributed by atoms with Crippen LogP contribution < -0.4 is 0 Å². The maximum Gasteiger partial charge on any atom is 0.125 e. The molecule has 0 amide bonds. The minimum Gasteiger partial charge on any atom is -0.382 e. The Morgan fingerprint density at radius 2 is 1.95 bits per heavy atom. The molecule has 0 spiro atoms. The van der Waals surface area contributed by atoms with Gasteiger partial charge in [-0.2, -0.15) is 5.10 Å². The molecule has 6 nitrogen and oxygen atoms in total. The highest BCUT2D eigenvalue weighted by Crippen LogP contribution is 2.20. The molecule has 1 unspecified atom stereocenters. The number of para-hydroxylation sites is 1. The number of hydrogen-bond acceptors (Lipinski definition) is 4. The summed E-state index contributed by atoms with van der Waals surface area (Å²) in [6, 6.07) is 9.74. The predicted molar refractivity (Wildman–Crippen MR) is 68.6 cm³/mol. The van der Waals surface area contributed by atoms with E-state index < -0.39 is 6.10 Å². The van der Waals surface area contributed by atoms with Crippen molar-refractivity contribution in [1.82, 2.24) is 24.8 Å². The average molecular weight is 255 g/mol. The second-order valence-corrected chi connectivity index (χ2v) is 4.24. The number of nitrogens with zero attached hydrogens (tertiary/aromatic N) is 5. The second-order valence-electron chi connectivity index (χ2n) is 4.24. The van der Waals surface area contributed by atoms with Gasteiger partial charge >= 0.3 is 0 Å². The largest absolute Gasteiger partial charge is 0.382 e. The number of aryl methyl sites for hydroxylation is 1. The summed E-state index contributed by atoms with van der Waals surface area (Å²) in [5, 5.41) is 22.1. The van der Waals surface area contributed by atoms with Crippen LogP contribution in [0.5, 0.6) is 0 Å². The Morgan fingerprint density at radius 3 is 2.63 bits per heavy atom. The highest BCUT2D eigenvalue weighted by Gasteiger charge is 2.16. The van der Waals surface area contributed by atoms with Crippen molar-refractivity contribution in [2.75, 3.05) is 0 Å². The molecule has 0 radical (unpaired) electrons. The summed E-state index contributed by atoms with van der Waals surface area (Å²) < 4.78 is 3.27. The molecule has 0 saturated carbocycles. The Bertz CT molecular complexity index is 673.